The SMILES string of the molecule is Cc1c(O)ccc(Cl)c1-n1c(N)c(C(N)=O)c2c(C(F)(F)F)nc3c(c21)OCC3. The molecule has 152 valence electrons. The summed E-state index contributed by atoms with van der Waals surface area (Å²) in [5.41, 5.74) is 9.98. The molecule has 0 aliphatic carbocycles. The maximum Gasteiger partial charge on any atom is 0.434 e. The summed E-state index contributed by atoms with van der Waals surface area (Å²) in [5, 5.41) is 9.64. The molecule has 0 saturated carbocycles. The van der Waals surface area contributed by atoms with Crippen LogP contribution in [0.1, 0.15) is 27.3 Å². The van der Waals surface area contributed by atoms with Crippen LogP contribution in [0.5, 0.6) is 11.5 Å². The van der Waals surface area contributed by atoms with E-state index in [0.717, 1.165) is 4.57 Å². The van der Waals surface area contributed by atoms with E-state index in [1.165, 1.54) is 19.1 Å². The van der Waals surface area contributed by atoms with Crippen LogP contribution in [0.4, 0.5) is 19.0 Å². The van der Waals surface area contributed by atoms with Gasteiger partial charge in [0, 0.05) is 17.4 Å². The molecule has 0 atom stereocenters. The van der Waals surface area contributed by atoms with Crippen LogP contribution in [0.3, 0.4) is 0 Å². The smallest absolute Gasteiger partial charge is 0.434 e. The van der Waals surface area contributed by atoms with Crippen molar-refractivity contribution in [1.82, 2.24) is 9.55 Å². The summed E-state index contributed by atoms with van der Waals surface area (Å²) in [6.07, 6.45) is -4.73. The van der Waals surface area contributed by atoms with Gasteiger partial charge in [-0.05, 0) is 19.1 Å². The van der Waals surface area contributed by atoms with Crippen LogP contribution in [-0.2, 0) is 12.6 Å². The number of primary amides is 1. The number of aromatic nitrogens is 2. The Kier molecular flexibility index (Phi) is 4.09. The summed E-state index contributed by atoms with van der Waals surface area (Å²) < 4.78 is 48.2. The minimum atomic E-state index is -4.88. The predicted molar refractivity (Wildman–Crippen MR) is 99.6 cm³/mol. The van der Waals surface area contributed by atoms with Crippen LogP contribution in [0.2, 0.25) is 5.02 Å². The second-order valence-corrected chi connectivity index (χ2v) is 6.96. The van der Waals surface area contributed by atoms with Crippen LogP contribution in [0.15, 0.2) is 12.1 Å². The van der Waals surface area contributed by atoms with E-state index in [9.17, 15) is 23.1 Å². The number of hydrogen-bond donors (Lipinski definition) is 3. The molecule has 4 rings (SSSR count). The van der Waals surface area contributed by atoms with E-state index in [2.05, 4.69) is 4.98 Å². The standard InChI is InChI=1S/C18H14ClF3N4O3/c1-6-9(27)3-2-7(19)12(6)26-13-10(11(16(26)23)17(24)28)15(18(20,21)22)25-8-4-5-29-14(8)13/h2-3,27H,4-5,23H2,1H3,(H2,24,28). The minimum absolute atomic E-state index is 0.0611. The molecule has 1 aliphatic heterocycles. The number of phenolic OH excluding ortho intramolecular Hbond substituents is 1. The molecule has 0 spiro atoms. The normalized spacial score (nSPS) is 13.6. The molecule has 3 heterocycles. The van der Waals surface area contributed by atoms with Crippen molar-refractivity contribution in [3.05, 3.63) is 39.7 Å². The first-order chi connectivity index (χ1) is 13.5. The van der Waals surface area contributed by atoms with Gasteiger partial charge in [-0.3, -0.25) is 9.36 Å². The lowest BCUT2D eigenvalue weighted by molar-refractivity contribution is -0.139. The van der Waals surface area contributed by atoms with E-state index >= 15 is 0 Å². The zero-order chi connectivity index (χ0) is 21.2. The average Bonchev–Trinajstić information content (AvgIpc) is 3.19. The molecule has 0 radical (unpaired) electrons. The summed E-state index contributed by atoms with van der Waals surface area (Å²) in [7, 11) is 0. The van der Waals surface area contributed by atoms with Crippen molar-refractivity contribution >= 4 is 34.2 Å². The highest BCUT2D eigenvalue weighted by atomic mass is 35.5. The largest absolute Gasteiger partial charge is 0.508 e. The number of carbonyl (C=O) groups excluding carboxylic acids is 1. The number of phenols is 1. The second-order valence-electron chi connectivity index (χ2n) is 6.56. The van der Waals surface area contributed by atoms with E-state index < -0.39 is 28.7 Å². The highest BCUT2D eigenvalue weighted by Crippen LogP contribution is 2.47. The molecule has 0 unspecified atom stereocenters. The van der Waals surface area contributed by atoms with Gasteiger partial charge in [0.05, 0.1) is 28.6 Å². The summed E-state index contributed by atoms with van der Waals surface area (Å²) in [5.74, 6) is -1.62. The zero-order valence-corrected chi connectivity index (χ0v) is 15.6. The van der Waals surface area contributed by atoms with Gasteiger partial charge in [-0.1, -0.05) is 11.6 Å². The third-order valence-corrected chi connectivity index (χ3v) is 5.15. The lowest BCUT2D eigenvalue weighted by Crippen LogP contribution is -2.16. The Hall–Kier alpha value is -3.14. The number of aromatic hydroxyl groups is 1. The predicted octanol–water partition coefficient (Wildman–Crippen LogP) is 3.33. The van der Waals surface area contributed by atoms with Crippen LogP contribution in [0, 0.1) is 6.92 Å². The Bertz CT molecular complexity index is 1200. The molecule has 1 aliphatic rings. The topological polar surface area (TPSA) is 116 Å². The Morgan fingerprint density at radius 3 is 2.69 bits per heavy atom. The molecular formula is C18H14ClF3N4O3. The van der Waals surface area contributed by atoms with Gasteiger partial charge >= 0.3 is 6.18 Å². The fourth-order valence-electron chi connectivity index (χ4n) is 3.60. The summed E-state index contributed by atoms with van der Waals surface area (Å²) >= 11 is 6.30. The lowest BCUT2D eigenvalue weighted by Gasteiger charge is -2.16. The Morgan fingerprint density at radius 2 is 2.07 bits per heavy atom. The summed E-state index contributed by atoms with van der Waals surface area (Å²) in [4.78, 5) is 15.8. The number of pyridine rings is 1. The van der Waals surface area contributed by atoms with Crippen molar-refractivity contribution in [3.8, 4) is 17.2 Å². The Labute approximate surface area is 166 Å². The maximum absolute atomic E-state index is 13.8. The number of halogens is 4. The van der Waals surface area contributed by atoms with E-state index in [4.69, 9.17) is 27.8 Å². The number of benzene rings is 1. The summed E-state index contributed by atoms with van der Waals surface area (Å²) in [6.45, 7) is 1.63. The average molecular weight is 427 g/mol. The van der Waals surface area contributed by atoms with Crippen molar-refractivity contribution in [2.45, 2.75) is 19.5 Å². The van der Waals surface area contributed by atoms with Crippen LogP contribution in [-0.4, -0.2) is 27.2 Å². The number of ether oxygens (including phenoxy) is 1. The van der Waals surface area contributed by atoms with Crippen LogP contribution in [0.25, 0.3) is 16.6 Å². The van der Waals surface area contributed by atoms with Gasteiger partial charge in [0.1, 0.15) is 17.1 Å². The third-order valence-electron chi connectivity index (χ3n) is 4.85. The molecule has 0 bridgehead atoms. The number of rotatable bonds is 2. The van der Waals surface area contributed by atoms with Crippen molar-refractivity contribution < 1.29 is 27.8 Å². The van der Waals surface area contributed by atoms with Gasteiger partial charge in [0.2, 0.25) is 0 Å². The molecule has 29 heavy (non-hydrogen) atoms. The van der Waals surface area contributed by atoms with Crippen LogP contribution >= 0.6 is 11.6 Å². The number of nitrogens with two attached hydrogens (primary N) is 2. The van der Waals surface area contributed by atoms with Gasteiger partial charge < -0.3 is 21.3 Å². The second kappa shape index (κ2) is 6.18. The molecule has 7 nitrogen and oxygen atoms in total. The van der Waals surface area contributed by atoms with Gasteiger partial charge in [-0.2, -0.15) is 13.2 Å². The first-order valence-corrected chi connectivity index (χ1v) is 8.76. The van der Waals surface area contributed by atoms with Crippen molar-refractivity contribution in [2.75, 3.05) is 12.3 Å². The van der Waals surface area contributed by atoms with E-state index in [-0.39, 0.29) is 57.8 Å². The van der Waals surface area contributed by atoms with Crippen molar-refractivity contribution in [2.24, 2.45) is 5.73 Å². The fraction of sp³-hybridized carbons (Fsp3) is 0.222. The van der Waals surface area contributed by atoms with Crippen LogP contribution < -0.4 is 16.2 Å². The van der Waals surface area contributed by atoms with Gasteiger partial charge in [-0.25, -0.2) is 4.98 Å². The molecule has 0 fully saturated rings. The molecule has 1 aromatic carbocycles. The number of nitrogen functional groups attached to an aromatic ring is 1. The number of amides is 1. The zero-order valence-electron chi connectivity index (χ0n) is 14.9. The van der Waals surface area contributed by atoms with E-state index in [1.54, 1.807) is 0 Å². The maximum atomic E-state index is 13.8. The van der Waals surface area contributed by atoms with E-state index in [1.807, 2.05) is 0 Å². The first kappa shape index (κ1) is 19.2. The number of anilines is 1. The molecule has 3 aromatic rings. The molecular weight excluding hydrogens is 413 g/mol. The quantitative estimate of drug-likeness (QED) is 0.581. The number of carbonyl (C=O) groups is 1. The Morgan fingerprint density at radius 1 is 1.38 bits per heavy atom. The van der Waals surface area contributed by atoms with Gasteiger partial charge in [0.25, 0.3) is 5.91 Å². The van der Waals surface area contributed by atoms with E-state index in [0.29, 0.717) is 0 Å². The third kappa shape index (κ3) is 2.66. The minimum Gasteiger partial charge on any atom is -0.508 e. The number of hydrogen-bond acceptors (Lipinski definition) is 5. The van der Waals surface area contributed by atoms with Gasteiger partial charge in [-0.15, -0.1) is 0 Å². The molecule has 2 aromatic heterocycles. The lowest BCUT2D eigenvalue weighted by atomic mass is 10.1. The highest BCUT2D eigenvalue weighted by molar-refractivity contribution is 6.33. The van der Waals surface area contributed by atoms with Gasteiger partial charge in [0.15, 0.2) is 11.4 Å². The van der Waals surface area contributed by atoms with Crippen molar-refractivity contribution in [1.29, 1.82) is 0 Å². The number of fused-ring (bicyclic) bond motifs is 3. The number of alkyl halides is 3. The molecule has 0 saturated heterocycles. The molecule has 1 amide bonds. The fourth-order valence-corrected chi connectivity index (χ4v) is 3.89. The molecule has 5 N–H and O–H groups in total. The van der Waals surface area contributed by atoms with Crippen molar-refractivity contribution in [3.63, 3.8) is 0 Å². The molecule has 11 heteroatoms. The highest BCUT2D eigenvalue weighted by Gasteiger charge is 2.41. The monoisotopic (exact) mass is 426 g/mol. The first-order valence-electron chi connectivity index (χ1n) is 8.39. The Balaban J connectivity index is 2.30. The summed E-state index contributed by atoms with van der Waals surface area (Å²) in [6, 6.07) is 2.70. The number of nitrogens with zero attached hydrogens (tertiary/aromatic N) is 2.